The van der Waals surface area contributed by atoms with Crippen molar-refractivity contribution >= 4 is 45.9 Å². The number of benzene rings is 1. The molecule has 72 valence electrons. The number of fused-ring (bicyclic) bond motifs is 1. The van der Waals surface area contributed by atoms with Crippen LogP contribution in [0.1, 0.15) is 0 Å². The average molecular weight is 244 g/mol. The van der Waals surface area contributed by atoms with E-state index in [1.54, 1.807) is 6.20 Å². The lowest BCUT2D eigenvalue weighted by atomic mass is 10.2. The van der Waals surface area contributed by atoms with Crippen LogP contribution < -0.4 is 0 Å². The summed E-state index contributed by atoms with van der Waals surface area (Å²) in [6, 6.07) is 7.80. The molecule has 4 heteroatoms. The van der Waals surface area contributed by atoms with Crippen LogP contribution in [0, 0.1) is 0 Å². The maximum absolute atomic E-state index is 6.20. The molecule has 1 heterocycles. The van der Waals surface area contributed by atoms with Gasteiger partial charge >= 0.3 is 0 Å². The first-order chi connectivity index (χ1) is 6.83. The number of halogens is 2. The van der Waals surface area contributed by atoms with Gasteiger partial charge in [-0.05, 0) is 6.07 Å². The first kappa shape index (κ1) is 10.1. The molecule has 0 aliphatic rings. The molecule has 2 aromatic rings. The van der Waals surface area contributed by atoms with Crippen LogP contribution in [0.4, 0.5) is 0 Å². The summed E-state index contributed by atoms with van der Waals surface area (Å²) in [4.78, 5) is 5.23. The number of nitrogens with zero attached hydrogens (tertiary/aromatic N) is 1. The number of hydrogen-bond donors (Lipinski definition) is 0. The molecular weight excluding hydrogens is 237 g/mol. The van der Waals surface area contributed by atoms with Gasteiger partial charge in [0.15, 0.2) is 0 Å². The molecule has 0 spiro atoms. The average Bonchev–Trinajstić information content (AvgIpc) is 2.23. The van der Waals surface area contributed by atoms with Crippen LogP contribution in [0.2, 0.25) is 5.02 Å². The first-order valence-electron chi connectivity index (χ1n) is 4.05. The molecule has 0 saturated carbocycles. The summed E-state index contributed by atoms with van der Waals surface area (Å²) in [5.74, 6) is 0. The summed E-state index contributed by atoms with van der Waals surface area (Å²) < 4.78 is 0. The SMILES string of the molecule is ClCSc1cnc2ccccc2c1Cl. The van der Waals surface area contributed by atoms with Crippen molar-refractivity contribution in [1.82, 2.24) is 4.98 Å². The molecule has 0 radical (unpaired) electrons. The van der Waals surface area contributed by atoms with Crippen molar-refractivity contribution < 1.29 is 0 Å². The van der Waals surface area contributed by atoms with Gasteiger partial charge in [0, 0.05) is 16.5 Å². The minimum Gasteiger partial charge on any atom is -0.255 e. The third kappa shape index (κ3) is 1.83. The summed E-state index contributed by atoms with van der Waals surface area (Å²) in [7, 11) is 0. The smallest absolute Gasteiger partial charge is 0.0728 e. The summed E-state index contributed by atoms with van der Waals surface area (Å²) in [6.07, 6.45) is 1.76. The number of alkyl halides is 1. The highest BCUT2D eigenvalue weighted by atomic mass is 35.5. The molecule has 14 heavy (non-hydrogen) atoms. The van der Waals surface area contributed by atoms with Crippen molar-refractivity contribution in [2.45, 2.75) is 4.90 Å². The van der Waals surface area contributed by atoms with Gasteiger partial charge in [-0.25, -0.2) is 0 Å². The standard InChI is InChI=1S/C10H7Cl2NS/c11-6-14-9-5-13-8-4-2-1-3-7(8)10(9)12/h1-5H,6H2. The Morgan fingerprint density at radius 1 is 1.29 bits per heavy atom. The normalized spacial score (nSPS) is 10.7. The van der Waals surface area contributed by atoms with Gasteiger partial charge in [-0.2, -0.15) is 0 Å². The summed E-state index contributed by atoms with van der Waals surface area (Å²) in [5.41, 5.74) is 0.913. The summed E-state index contributed by atoms with van der Waals surface area (Å²) in [5, 5.41) is 2.20. The molecule has 0 bridgehead atoms. The van der Waals surface area contributed by atoms with Gasteiger partial charge in [0.1, 0.15) is 0 Å². The Bertz CT molecular complexity index is 459. The summed E-state index contributed by atoms with van der Waals surface area (Å²) in [6.45, 7) is 0. The second-order valence-electron chi connectivity index (χ2n) is 2.71. The zero-order valence-corrected chi connectivity index (χ0v) is 9.53. The van der Waals surface area contributed by atoms with E-state index in [9.17, 15) is 0 Å². The van der Waals surface area contributed by atoms with E-state index in [4.69, 9.17) is 23.2 Å². The van der Waals surface area contributed by atoms with Crippen LogP contribution in [-0.4, -0.2) is 10.2 Å². The van der Waals surface area contributed by atoms with Crippen LogP contribution in [0.5, 0.6) is 0 Å². The van der Waals surface area contributed by atoms with E-state index >= 15 is 0 Å². The molecule has 0 saturated heterocycles. The van der Waals surface area contributed by atoms with Gasteiger partial charge in [0.05, 0.1) is 15.8 Å². The largest absolute Gasteiger partial charge is 0.255 e. The van der Waals surface area contributed by atoms with E-state index in [0.717, 1.165) is 20.8 Å². The Hall–Kier alpha value is -0.440. The predicted octanol–water partition coefficient (Wildman–Crippen LogP) is 4.18. The molecule has 2 rings (SSSR count). The highest BCUT2D eigenvalue weighted by molar-refractivity contribution is 8.00. The van der Waals surface area contributed by atoms with Crippen molar-refractivity contribution in [2.24, 2.45) is 0 Å². The van der Waals surface area contributed by atoms with Gasteiger partial charge in [0.25, 0.3) is 0 Å². The van der Waals surface area contributed by atoms with Gasteiger partial charge < -0.3 is 0 Å². The van der Waals surface area contributed by atoms with E-state index in [1.807, 2.05) is 24.3 Å². The Morgan fingerprint density at radius 2 is 2.07 bits per heavy atom. The number of rotatable bonds is 2. The number of pyridine rings is 1. The summed E-state index contributed by atoms with van der Waals surface area (Å²) >= 11 is 13.3. The third-order valence-electron chi connectivity index (χ3n) is 1.89. The van der Waals surface area contributed by atoms with E-state index in [-0.39, 0.29) is 0 Å². The van der Waals surface area contributed by atoms with Gasteiger partial charge in [-0.3, -0.25) is 4.98 Å². The maximum Gasteiger partial charge on any atom is 0.0728 e. The molecule has 0 aliphatic heterocycles. The fourth-order valence-corrected chi connectivity index (χ4v) is 2.46. The van der Waals surface area contributed by atoms with Crippen molar-refractivity contribution in [3.63, 3.8) is 0 Å². The minimum absolute atomic E-state index is 0.486. The number of para-hydroxylation sites is 1. The lowest BCUT2D eigenvalue weighted by Crippen LogP contribution is -1.82. The second kappa shape index (κ2) is 4.39. The van der Waals surface area contributed by atoms with E-state index in [2.05, 4.69) is 4.98 Å². The van der Waals surface area contributed by atoms with E-state index in [1.165, 1.54) is 11.8 Å². The zero-order valence-electron chi connectivity index (χ0n) is 7.21. The van der Waals surface area contributed by atoms with E-state index in [0.29, 0.717) is 5.21 Å². The Labute approximate surface area is 96.4 Å². The quantitative estimate of drug-likeness (QED) is 0.580. The maximum atomic E-state index is 6.20. The zero-order chi connectivity index (χ0) is 9.97. The third-order valence-corrected chi connectivity index (χ3v) is 3.46. The van der Waals surface area contributed by atoms with Gasteiger partial charge in [-0.15, -0.1) is 23.4 Å². The van der Waals surface area contributed by atoms with Crippen LogP contribution >= 0.6 is 35.0 Å². The molecule has 0 fully saturated rings. The Kier molecular flexibility index (Phi) is 3.16. The molecule has 1 aromatic heterocycles. The van der Waals surface area contributed by atoms with Crippen LogP contribution in [-0.2, 0) is 0 Å². The molecule has 1 aromatic carbocycles. The lowest BCUT2D eigenvalue weighted by Gasteiger charge is -2.04. The van der Waals surface area contributed by atoms with Crippen molar-refractivity contribution in [3.8, 4) is 0 Å². The Balaban J connectivity index is 2.63. The first-order valence-corrected chi connectivity index (χ1v) is 5.94. The fraction of sp³-hybridized carbons (Fsp3) is 0.100. The van der Waals surface area contributed by atoms with Crippen molar-refractivity contribution in [1.29, 1.82) is 0 Å². The lowest BCUT2D eigenvalue weighted by molar-refractivity contribution is 1.31. The molecule has 0 N–H and O–H groups in total. The fourth-order valence-electron chi connectivity index (χ4n) is 1.25. The van der Waals surface area contributed by atoms with Crippen molar-refractivity contribution in [3.05, 3.63) is 35.5 Å². The number of aromatic nitrogens is 1. The van der Waals surface area contributed by atoms with Gasteiger partial charge in [-0.1, -0.05) is 29.8 Å². The predicted molar refractivity (Wildman–Crippen MR) is 63.3 cm³/mol. The molecular formula is C10H7Cl2NS. The monoisotopic (exact) mass is 243 g/mol. The molecule has 0 amide bonds. The van der Waals surface area contributed by atoms with E-state index < -0.39 is 0 Å². The van der Waals surface area contributed by atoms with Crippen molar-refractivity contribution in [2.75, 3.05) is 5.21 Å². The Morgan fingerprint density at radius 3 is 2.86 bits per heavy atom. The minimum atomic E-state index is 0.486. The molecule has 0 atom stereocenters. The highest BCUT2D eigenvalue weighted by Crippen LogP contribution is 2.32. The molecule has 0 aliphatic carbocycles. The van der Waals surface area contributed by atoms with Crippen LogP contribution in [0.3, 0.4) is 0 Å². The van der Waals surface area contributed by atoms with Crippen LogP contribution in [0.15, 0.2) is 35.4 Å². The second-order valence-corrected chi connectivity index (χ2v) is 4.69. The van der Waals surface area contributed by atoms with Crippen LogP contribution in [0.25, 0.3) is 10.9 Å². The molecule has 1 nitrogen and oxygen atoms in total. The number of thioether (sulfide) groups is 1. The highest BCUT2D eigenvalue weighted by Gasteiger charge is 2.05. The molecule has 0 unspecified atom stereocenters. The topological polar surface area (TPSA) is 12.9 Å². The number of hydrogen-bond acceptors (Lipinski definition) is 2. The van der Waals surface area contributed by atoms with Gasteiger partial charge in [0.2, 0.25) is 0 Å².